The number of rotatable bonds is 6. The van der Waals surface area contributed by atoms with E-state index in [-0.39, 0.29) is 17.9 Å². The molecule has 0 N–H and O–H groups in total. The van der Waals surface area contributed by atoms with E-state index in [1.54, 1.807) is 0 Å². The minimum atomic E-state index is -0.560. The Labute approximate surface area is 143 Å². The largest absolute Gasteiger partial charge is 0.458 e. The van der Waals surface area contributed by atoms with Gasteiger partial charge in [0.15, 0.2) is 6.10 Å². The fourth-order valence-corrected chi connectivity index (χ4v) is 3.26. The van der Waals surface area contributed by atoms with Crippen molar-refractivity contribution in [2.75, 3.05) is 0 Å². The Hall–Kier alpha value is -2.10. The Morgan fingerprint density at radius 3 is 2.21 bits per heavy atom. The van der Waals surface area contributed by atoms with Crippen LogP contribution >= 0.6 is 0 Å². The topological polar surface area (TPSA) is 52.6 Å². The summed E-state index contributed by atoms with van der Waals surface area (Å²) in [7, 11) is 0. The van der Waals surface area contributed by atoms with Gasteiger partial charge in [0.1, 0.15) is 6.10 Å². The van der Waals surface area contributed by atoms with Crippen molar-refractivity contribution in [3.05, 3.63) is 42.0 Å². The summed E-state index contributed by atoms with van der Waals surface area (Å²) in [6, 6.07) is 9.80. The lowest BCUT2D eigenvalue weighted by Gasteiger charge is -2.33. The van der Waals surface area contributed by atoms with Crippen molar-refractivity contribution in [2.45, 2.75) is 58.2 Å². The zero-order chi connectivity index (χ0) is 17.4. The molecule has 0 radical (unpaired) electrons. The molecule has 130 valence electrons. The molecule has 1 aromatic carbocycles. The fourth-order valence-electron chi connectivity index (χ4n) is 3.26. The highest BCUT2D eigenvalue weighted by molar-refractivity contribution is 5.68. The van der Waals surface area contributed by atoms with Crippen molar-refractivity contribution in [1.82, 2.24) is 0 Å². The molecular weight excluding hydrogens is 304 g/mol. The number of ether oxygens (including phenoxy) is 2. The van der Waals surface area contributed by atoms with Crippen molar-refractivity contribution < 1.29 is 19.1 Å². The smallest absolute Gasteiger partial charge is 0.303 e. The van der Waals surface area contributed by atoms with E-state index in [1.165, 1.54) is 20.3 Å². The van der Waals surface area contributed by atoms with Gasteiger partial charge in [0, 0.05) is 13.8 Å². The van der Waals surface area contributed by atoms with Crippen LogP contribution in [0.25, 0.3) is 6.08 Å². The summed E-state index contributed by atoms with van der Waals surface area (Å²) in [6.45, 7) is 2.79. The third kappa shape index (κ3) is 5.84. The van der Waals surface area contributed by atoms with Crippen LogP contribution in [-0.4, -0.2) is 24.1 Å². The van der Waals surface area contributed by atoms with Crippen LogP contribution in [0, 0.1) is 5.92 Å². The fraction of sp³-hybridized carbons (Fsp3) is 0.500. The van der Waals surface area contributed by atoms with Crippen molar-refractivity contribution in [3.63, 3.8) is 0 Å². The molecule has 0 bridgehead atoms. The molecule has 2 atom stereocenters. The summed E-state index contributed by atoms with van der Waals surface area (Å²) >= 11 is 0. The molecule has 4 nitrogen and oxygen atoms in total. The summed E-state index contributed by atoms with van der Waals surface area (Å²) in [5, 5.41) is 0. The monoisotopic (exact) mass is 330 g/mol. The standard InChI is InChI=1S/C20H26O4/c1-15(21)23-19(14-13-17-9-5-3-6-10-17)20(24-16(2)22)18-11-7-4-8-12-18/h3,5-6,9-10,13-14,18-20H,4,7-8,11-12H2,1-2H3/b14-13+/t19-,20-/m1/s1. The van der Waals surface area contributed by atoms with E-state index in [0.717, 1.165) is 31.2 Å². The molecule has 0 saturated heterocycles. The number of carbonyl (C=O) groups is 2. The van der Waals surface area contributed by atoms with Crippen LogP contribution in [0.4, 0.5) is 0 Å². The average molecular weight is 330 g/mol. The lowest BCUT2D eigenvalue weighted by molar-refractivity contribution is -0.166. The van der Waals surface area contributed by atoms with Gasteiger partial charge in [-0.25, -0.2) is 0 Å². The predicted molar refractivity (Wildman–Crippen MR) is 93.2 cm³/mol. The first-order valence-electron chi connectivity index (χ1n) is 8.64. The van der Waals surface area contributed by atoms with Crippen molar-refractivity contribution in [3.8, 4) is 0 Å². The van der Waals surface area contributed by atoms with Gasteiger partial charge in [-0.05, 0) is 30.4 Å². The molecular formula is C20H26O4. The second-order valence-electron chi connectivity index (χ2n) is 6.32. The number of esters is 2. The minimum Gasteiger partial charge on any atom is -0.458 e. The molecule has 4 heteroatoms. The maximum atomic E-state index is 11.6. The van der Waals surface area contributed by atoms with Gasteiger partial charge in [-0.3, -0.25) is 9.59 Å². The Bertz CT molecular complexity index is 558. The maximum absolute atomic E-state index is 11.6. The number of carbonyl (C=O) groups excluding carboxylic acids is 2. The molecule has 0 aliphatic heterocycles. The molecule has 2 rings (SSSR count). The van der Waals surface area contributed by atoms with E-state index in [1.807, 2.05) is 42.5 Å². The zero-order valence-corrected chi connectivity index (χ0v) is 14.4. The second-order valence-corrected chi connectivity index (χ2v) is 6.32. The zero-order valence-electron chi connectivity index (χ0n) is 14.4. The van der Waals surface area contributed by atoms with Crippen LogP contribution in [0.5, 0.6) is 0 Å². The minimum absolute atomic E-state index is 0.229. The van der Waals surface area contributed by atoms with Gasteiger partial charge in [0.25, 0.3) is 0 Å². The van der Waals surface area contributed by atoms with Crippen molar-refractivity contribution >= 4 is 18.0 Å². The molecule has 1 fully saturated rings. The number of hydrogen-bond acceptors (Lipinski definition) is 4. The molecule has 0 spiro atoms. The molecule has 1 aliphatic carbocycles. The van der Waals surface area contributed by atoms with Crippen LogP contribution in [-0.2, 0) is 19.1 Å². The summed E-state index contributed by atoms with van der Waals surface area (Å²) in [5.74, 6) is -0.478. The van der Waals surface area contributed by atoms with Gasteiger partial charge in [-0.15, -0.1) is 0 Å². The van der Waals surface area contributed by atoms with E-state index in [0.29, 0.717) is 0 Å². The average Bonchev–Trinajstić information content (AvgIpc) is 2.58. The van der Waals surface area contributed by atoms with Crippen LogP contribution < -0.4 is 0 Å². The first-order valence-corrected chi connectivity index (χ1v) is 8.64. The predicted octanol–water partition coefficient (Wildman–Crippen LogP) is 4.14. The van der Waals surface area contributed by atoms with E-state index in [9.17, 15) is 9.59 Å². The Morgan fingerprint density at radius 2 is 1.62 bits per heavy atom. The van der Waals surface area contributed by atoms with E-state index < -0.39 is 12.2 Å². The highest BCUT2D eigenvalue weighted by atomic mass is 16.6. The highest BCUT2D eigenvalue weighted by Gasteiger charge is 2.33. The van der Waals surface area contributed by atoms with Gasteiger partial charge in [-0.2, -0.15) is 0 Å². The molecule has 1 aromatic rings. The van der Waals surface area contributed by atoms with Crippen LogP contribution in [0.15, 0.2) is 36.4 Å². The molecule has 24 heavy (non-hydrogen) atoms. The van der Waals surface area contributed by atoms with Crippen LogP contribution in [0.2, 0.25) is 0 Å². The van der Waals surface area contributed by atoms with Gasteiger partial charge in [0.05, 0.1) is 0 Å². The molecule has 1 saturated carbocycles. The summed E-state index contributed by atoms with van der Waals surface area (Å²) < 4.78 is 11.1. The molecule has 1 aliphatic rings. The first kappa shape index (κ1) is 18.2. The lowest BCUT2D eigenvalue weighted by Crippen LogP contribution is -2.39. The van der Waals surface area contributed by atoms with E-state index in [4.69, 9.17) is 9.47 Å². The SMILES string of the molecule is CC(=O)O[C@H](C1CCCCC1)[C@@H](/C=C/c1ccccc1)OC(C)=O. The molecule has 0 unspecified atom stereocenters. The van der Waals surface area contributed by atoms with Gasteiger partial charge in [-0.1, -0.05) is 55.7 Å². The van der Waals surface area contributed by atoms with Gasteiger partial charge in [0.2, 0.25) is 0 Å². The van der Waals surface area contributed by atoms with Crippen molar-refractivity contribution in [2.24, 2.45) is 5.92 Å². The van der Waals surface area contributed by atoms with Crippen LogP contribution in [0.3, 0.4) is 0 Å². The molecule has 0 heterocycles. The van der Waals surface area contributed by atoms with Gasteiger partial charge < -0.3 is 9.47 Å². The Kier molecular flexibility index (Phi) is 7.04. The van der Waals surface area contributed by atoms with Crippen molar-refractivity contribution in [1.29, 1.82) is 0 Å². The van der Waals surface area contributed by atoms with Crippen LogP contribution in [0.1, 0.15) is 51.5 Å². The summed E-state index contributed by atoms with van der Waals surface area (Å²) in [5.41, 5.74) is 1.01. The van der Waals surface area contributed by atoms with Gasteiger partial charge >= 0.3 is 11.9 Å². The summed E-state index contributed by atoms with van der Waals surface area (Å²) in [4.78, 5) is 23.1. The van der Waals surface area contributed by atoms with E-state index in [2.05, 4.69) is 0 Å². The quantitative estimate of drug-likeness (QED) is 0.736. The molecule has 0 amide bonds. The second kappa shape index (κ2) is 9.26. The van der Waals surface area contributed by atoms with E-state index >= 15 is 0 Å². The third-order valence-corrected chi connectivity index (χ3v) is 4.32. The maximum Gasteiger partial charge on any atom is 0.303 e. The Morgan fingerprint density at radius 1 is 1.00 bits per heavy atom. The normalized spacial score (nSPS) is 18.1. The number of benzene rings is 1. The molecule has 0 aromatic heterocycles. The third-order valence-electron chi connectivity index (χ3n) is 4.32. The highest BCUT2D eigenvalue weighted by Crippen LogP contribution is 2.31. The lowest BCUT2D eigenvalue weighted by atomic mass is 9.83. The first-order chi connectivity index (χ1) is 11.6. The summed E-state index contributed by atoms with van der Waals surface area (Å²) in [6.07, 6.45) is 8.20. The Balaban J connectivity index is 2.20. The number of hydrogen-bond donors (Lipinski definition) is 0.